The molecule has 0 N–H and O–H groups in total. The molecule has 9 aromatic carbocycles. The van der Waals surface area contributed by atoms with E-state index in [4.69, 9.17) is 0 Å². The molecule has 3 heteroatoms. The quantitative estimate of drug-likeness (QED) is 0.154. The largest absolute Gasteiger partial charge is 0.309 e. The Hall–Kier alpha value is -6.94. The standard InChI is InChI=1S/C52H36N2S/c1-5-19-37(20-6-1)42-28-15-17-31-45(42)53(40-24-9-3-10-25-40)47-34-35-48(52-51(47)50-44-30-14-13-23-39(44)33-36-49(50)55-52)54(41-26-11-4-12-27-41)46-32-18-16-29-43(46)38-21-7-2-8-22-38/h1-36H. The topological polar surface area (TPSA) is 6.48 Å². The van der Waals surface area contributed by atoms with Crippen molar-refractivity contribution in [3.05, 3.63) is 218 Å². The van der Waals surface area contributed by atoms with Crippen molar-refractivity contribution in [2.75, 3.05) is 9.80 Å². The number of para-hydroxylation sites is 4. The molecule has 0 fully saturated rings. The predicted molar refractivity (Wildman–Crippen MR) is 237 cm³/mol. The van der Waals surface area contributed by atoms with Gasteiger partial charge in [0.2, 0.25) is 0 Å². The minimum Gasteiger partial charge on any atom is -0.309 e. The second-order valence-corrected chi connectivity index (χ2v) is 14.7. The van der Waals surface area contributed by atoms with Crippen molar-refractivity contribution >= 4 is 76.4 Å². The third kappa shape index (κ3) is 5.83. The molecule has 10 aromatic rings. The number of fused-ring (bicyclic) bond motifs is 5. The Kier molecular flexibility index (Phi) is 8.40. The molecule has 0 amide bonds. The maximum atomic E-state index is 2.47. The normalized spacial score (nSPS) is 11.3. The summed E-state index contributed by atoms with van der Waals surface area (Å²) in [6, 6.07) is 78.7. The van der Waals surface area contributed by atoms with Gasteiger partial charge in [-0.15, -0.1) is 11.3 Å². The van der Waals surface area contributed by atoms with Crippen molar-refractivity contribution in [1.82, 2.24) is 0 Å². The molecule has 260 valence electrons. The Bertz CT molecular complexity index is 2920. The van der Waals surface area contributed by atoms with Crippen LogP contribution in [0.5, 0.6) is 0 Å². The van der Waals surface area contributed by atoms with Crippen molar-refractivity contribution < 1.29 is 0 Å². The molecule has 10 rings (SSSR count). The Morgan fingerprint density at radius 1 is 0.309 bits per heavy atom. The fourth-order valence-electron chi connectivity index (χ4n) is 8.00. The van der Waals surface area contributed by atoms with E-state index in [0.29, 0.717) is 0 Å². The second kappa shape index (κ2) is 14.1. The van der Waals surface area contributed by atoms with Gasteiger partial charge >= 0.3 is 0 Å². The summed E-state index contributed by atoms with van der Waals surface area (Å²) >= 11 is 1.88. The number of benzene rings is 9. The average molecular weight is 721 g/mol. The van der Waals surface area contributed by atoms with Gasteiger partial charge in [-0.25, -0.2) is 0 Å². The summed E-state index contributed by atoms with van der Waals surface area (Å²) < 4.78 is 2.49. The number of nitrogens with zero attached hydrogens (tertiary/aromatic N) is 2. The van der Waals surface area contributed by atoms with Crippen LogP contribution in [0.25, 0.3) is 53.2 Å². The first-order valence-corrected chi connectivity index (χ1v) is 19.5. The van der Waals surface area contributed by atoms with Gasteiger partial charge < -0.3 is 9.80 Å². The molecule has 0 aliphatic rings. The molecule has 0 aliphatic heterocycles. The van der Waals surface area contributed by atoms with Crippen LogP contribution in [0.1, 0.15) is 0 Å². The molecule has 0 saturated heterocycles. The zero-order valence-electron chi connectivity index (χ0n) is 30.1. The van der Waals surface area contributed by atoms with Gasteiger partial charge in [0.15, 0.2) is 0 Å². The van der Waals surface area contributed by atoms with Gasteiger partial charge in [0.05, 0.1) is 27.4 Å². The van der Waals surface area contributed by atoms with Crippen LogP contribution in [0.2, 0.25) is 0 Å². The zero-order chi connectivity index (χ0) is 36.6. The molecule has 2 nitrogen and oxygen atoms in total. The van der Waals surface area contributed by atoms with E-state index in [1.807, 2.05) is 11.3 Å². The van der Waals surface area contributed by atoms with E-state index in [2.05, 4.69) is 228 Å². The summed E-state index contributed by atoms with van der Waals surface area (Å²) in [6.45, 7) is 0. The summed E-state index contributed by atoms with van der Waals surface area (Å²) in [6.07, 6.45) is 0. The number of thiophene rings is 1. The third-order valence-corrected chi connectivity index (χ3v) is 11.6. The summed E-state index contributed by atoms with van der Waals surface area (Å²) in [5.74, 6) is 0. The van der Waals surface area contributed by atoms with Crippen molar-refractivity contribution in [1.29, 1.82) is 0 Å². The van der Waals surface area contributed by atoms with Crippen LogP contribution in [0.3, 0.4) is 0 Å². The Morgan fingerprint density at radius 3 is 1.35 bits per heavy atom. The van der Waals surface area contributed by atoms with Gasteiger partial charge in [0.25, 0.3) is 0 Å². The summed E-state index contributed by atoms with van der Waals surface area (Å²) in [7, 11) is 0. The molecule has 1 aromatic heterocycles. The monoisotopic (exact) mass is 720 g/mol. The van der Waals surface area contributed by atoms with E-state index < -0.39 is 0 Å². The third-order valence-electron chi connectivity index (χ3n) is 10.4. The maximum absolute atomic E-state index is 2.47. The number of hydrogen-bond donors (Lipinski definition) is 0. The molecule has 0 unspecified atom stereocenters. The number of anilines is 6. The fraction of sp³-hybridized carbons (Fsp3) is 0. The average Bonchev–Trinajstić information content (AvgIpc) is 3.67. The number of rotatable bonds is 8. The van der Waals surface area contributed by atoms with Gasteiger partial charge in [0, 0.05) is 38.0 Å². The molecule has 1 heterocycles. The molecule has 0 bridgehead atoms. The molecule has 0 spiro atoms. The van der Waals surface area contributed by atoms with Crippen LogP contribution in [-0.2, 0) is 0 Å². The van der Waals surface area contributed by atoms with Crippen LogP contribution < -0.4 is 9.80 Å². The van der Waals surface area contributed by atoms with Crippen molar-refractivity contribution in [3.8, 4) is 22.3 Å². The van der Waals surface area contributed by atoms with Crippen LogP contribution in [0.4, 0.5) is 34.1 Å². The molecule has 0 saturated carbocycles. The minimum atomic E-state index is 1.11. The maximum Gasteiger partial charge on any atom is 0.0642 e. The van der Waals surface area contributed by atoms with Crippen molar-refractivity contribution in [2.24, 2.45) is 0 Å². The lowest BCUT2D eigenvalue weighted by atomic mass is 9.98. The van der Waals surface area contributed by atoms with Crippen molar-refractivity contribution in [2.45, 2.75) is 0 Å². The van der Waals surface area contributed by atoms with E-state index >= 15 is 0 Å². The van der Waals surface area contributed by atoms with E-state index in [0.717, 1.165) is 34.1 Å². The predicted octanol–water partition coefficient (Wildman–Crippen LogP) is 15.5. The second-order valence-electron chi connectivity index (χ2n) is 13.7. The molecule has 0 atom stereocenters. The summed E-state index contributed by atoms with van der Waals surface area (Å²) in [5, 5.41) is 5.00. The minimum absolute atomic E-state index is 1.11. The van der Waals surface area contributed by atoms with E-state index in [-0.39, 0.29) is 0 Å². The molecule has 0 aliphatic carbocycles. The fourth-order valence-corrected chi connectivity index (χ4v) is 9.25. The highest BCUT2D eigenvalue weighted by molar-refractivity contribution is 7.26. The first kappa shape index (κ1) is 32.7. The van der Waals surface area contributed by atoms with E-state index in [9.17, 15) is 0 Å². The molecule has 0 radical (unpaired) electrons. The van der Waals surface area contributed by atoms with Gasteiger partial charge in [-0.2, -0.15) is 0 Å². The lowest BCUT2D eigenvalue weighted by Crippen LogP contribution is -2.14. The molecular formula is C52H36N2S. The number of hydrogen-bond acceptors (Lipinski definition) is 3. The van der Waals surface area contributed by atoms with E-state index in [1.54, 1.807) is 0 Å². The summed E-state index contributed by atoms with van der Waals surface area (Å²) in [5.41, 5.74) is 11.5. The zero-order valence-corrected chi connectivity index (χ0v) is 30.9. The van der Waals surface area contributed by atoms with Gasteiger partial charge in [-0.05, 0) is 76.5 Å². The van der Waals surface area contributed by atoms with Crippen LogP contribution in [0.15, 0.2) is 218 Å². The van der Waals surface area contributed by atoms with Gasteiger partial charge in [-0.1, -0.05) is 164 Å². The van der Waals surface area contributed by atoms with Crippen molar-refractivity contribution in [3.63, 3.8) is 0 Å². The Labute approximate surface area is 325 Å². The highest BCUT2D eigenvalue weighted by Crippen LogP contribution is 2.53. The first-order chi connectivity index (χ1) is 27.3. The Morgan fingerprint density at radius 2 is 0.764 bits per heavy atom. The molecular weight excluding hydrogens is 685 g/mol. The highest BCUT2D eigenvalue weighted by atomic mass is 32.1. The lowest BCUT2D eigenvalue weighted by molar-refractivity contribution is 1.28. The molecule has 55 heavy (non-hydrogen) atoms. The van der Waals surface area contributed by atoms with Crippen LogP contribution in [0, 0.1) is 0 Å². The first-order valence-electron chi connectivity index (χ1n) is 18.7. The lowest BCUT2D eigenvalue weighted by Gasteiger charge is -2.31. The van der Waals surface area contributed by atoms with Gasteiger partial charge in [-0.3, -0.25) is 0 Å². The van der Waals surface area contributed by atoms with Gasteiger partial charge in [0.1, 0.15) is 0 Å². The van der Waals surface area contributed by atoms with Crippen LogP contribution >= 0.6 is 11.3 Å². The Balaban J connectivity index is 1.33. The SMILES string of the molecule is c1ccc(-c2ccccc2N(c2ccccc2)c2ccc(N(c3ccccc3)c3ccccc3-c3ccccc3)c3c2sc2ccc4ccccc4c23)cc1. The smallest absolute Gasteiger partial charge is 0.0642 e. The highest BCUT2D eigenvalue weighted by Gasteiger charge is 2.26. The summed E-state index contributed by atoms with van der Waals surface area (Å²) in [4.78, 5) is 4.92. The van der Waals surface area contributed by atoms with E-state index in [1.165, 1.54) is 53.2 Å². The van der Waals surface area contributed by atoms with Crippen LogP contribution in [-0.4, -0.2) is 0 Å².